The Bertz CT molecular complexity index is 337. The van der Waals surface area contributed by atoms with Crippen LogP contribution in [0.4, 0.5) is 0 Å². The molecule has 1 aromatic heterocycles. The molecule has 0 aromatic carbocycles. The highest BCUT2D eigenvalue weighted by Crippen LogP contribution is 2.27. The van der Waals surface area contributed by atoms with Crippen molar-refractivity contribution in [1.82, 2.24) is 9.78 Å². The van der Waals surface area contributed by atoms with Gasteiger partial charge in [0, 0.05) is 24.4 Å². The van der Waals surface area contributed by atoms with E-state index in [4.69, 9.17) is 0 Å². The summed E-state index contributed by atoms with van der Waals surface area (Å²) >= 11 is 1.85. The molecule has 0 bridgehead atoms. The molecule has 1 saturated heterocycles. The number of thioether (sulfide) groups is 1. The van der Waals surface area contributed by atoms with Crippen LogP contribution in [0.3, 0.4) is 0 Å². The third kappa shape index (κ3) is 2.37. The van der Waals surface area contributed by atoms with Crippen molar-refractivity contribution >= 4 is 11.8 Å². The summed E-state index contributed by atoms with van der Waals surface area (Å²) in [5.74, 6) is 2.38. The summed E-state index contributed by atoms with van der Waals surface area (Å²) in [5, 5.41) is 14.2. The van der Waals surface area contributed by atoms with Crippen LogP contribution in [0.1, 0.15) is 18.3 Å². The lowest BCUT2D eigenvalue weighted by Gasteiger charge is -2.12. The van der Waals surface area contributed by atoms with Crippen LogP contribution >= 0.6 is 11.8 Å². The van der Waals surface area contributed by atoms with E-state index in [1.165, 1.54) is 5.69 Å². The molecule has 2 unspecified atom stereocenters. The number of rotatable bonds is 3. The highest BCUT2D eigenvalue weighted by Gasteiger charge is 2.26. The Morgan fingerprint density at radius 2 is 2.40 bits per heavy atom. The first-order valence-electron chi connectivity index (χ1n) is 5.48. The van der Waals surface area contributed by atoms with Gasteiger partial charge in [-0.05, 0) is 24.7 Å². The Labute approximate surface area is 94.9 Å². The van der Waals surface area contributed by atoms with Crippen molar-refractivity contribution in [2.24, 2.45) is 13.0 Å². The summed E-state index contributed by atoms with van der Waals surface area (Å²) in [6.07, 6.45) is 1.81. The number of hydrogen-bond acceptors (Lipinski definition) is 3. The number of nitrogens with zero attached hydrogens (tertiary/aromatic N) is 2. The molecule has 2 heterocycles. The second-order valence-electron chi connectivity index (χ2n) is 4.17. The Balaban J connectivity index is 2.06. The number of aromatic nitrogens is 2. The van der Waals surface area contributed by atoms with E-state index < -0.39 is 0 Å². The Morgan fingerprint density at radius 3 is 2.93 bits per heavy atom. The minimum Gasteiger partial charge on any atom is -0.392 e. The first kappa shape index (κ1) is 11.0. The van der Waals surface area contributed by atoms with Crippen molar-refractivity contribution in [2.45, 2.75) is 25.9 Å². The third-order valence-electron chi connectivity index (χ3n) is 3.03. The maximum absolute atomic E-state index is 9.75. The number of aliphatic hydroxyl groups excluding tert-OH is 1. The van der Waals surface area contributed by atoms with Crippen molar-refractivity contribution in [1.29, 1.82) is 0 Å². The molecule has 3 nitrogen and oxygen atoms in total. The fourth-order valence-electron chi connectivity index (χ4n) is 1.99. The maximum atomic E-state index is 9.75. The quantitative estimate of drug-likeness (QED) is 0.843. The number of aliphatic hydroxyl groups is 1. The van der Waals surface area contributed by atoms with Crippen molar-refractivity contribution < 1.29 is 5.11 Å². The topological polar surface area (TPSA) is 38.0 Å². The van der Waals surface area contributed by atoms with Crippen LogP contribution < -0.4 is 0 Å². The Kier molecular flexibility index (Phi) is 3.36. The fraction of sp³-hybridized carbons (Fsp3) is 0.727. The Morgan fingerprint density at radius 1 is 1.60 bits per heavy atom. The van der Waals surface area contributed by atoms with E-state index in [2.05, 4.69) is 18.1 Å². The molecule has 1 aliphatic rings. The van der Waals surface area contributed by atoms with E-state index in [0.717, 1.165) is 30.0 Å². The van der Waals surface area contributed by atoms with E-state index in [1.54, 1.807) is 0 Å². The largest absolute Gasteiger partial charge is 0.392 e. The van der Waals surface area contributed by atoms with Gasteiger partial charge in [0.25, 0.3) is 0 Å². The minimum absolute atomic E-state index is 0.130. The lowest BCUT2D eigenvalue weighted by molar-refractivity contribution is 0.148. The molecule has 2 rings (SSSR count). The predicted molar refractivity (Wildman–Crippen MR) is 63.1 cm³/mol. The second-order valence-corrected chi connectivity index (χ2v) is 5.25. The van der Waals surface area contributed by atoms with Gasteiger partial charge < -0.3 is 5.11 Å². The summed E-state index contributed by atoms with van der Waals surface area (Å²) in [6.45, 7) is 2.12. The lowest BCUT2D eigenvalue weighted by atomic mass is 10.00. The fourth-order valence-corrected chi connectivity index (χ4v) is 3.28. The molecule has 0 saturated carbocycles. The highest BCUT2D eigenvalue weighted by atomic mass is 32.2. The summed E-state index contributed by atoms with van der Waals surface area (Å²) in [4.78, 5) is 0. The predicted octanol–water partition coefficient (Wildman–Crippen LogP) is 1.25. The third-order valence-corrected chi connectivity index (χ3v) is 4.27. The van der Waals surface area contributed by atoms with E-state index >= 15 is 0 Å². The summed E-state index contributed by atoms with van der Waals surface area (Å²) < 4.78 is 1.95. The molecule has 1 fully saturated rings. The Hall–Kier alpha value is -0.480. The zero-order valence-electron chi connectivity index (χ0n) is 9.31. The van der Waals surface area contributed by atoms with Crippen LogP contribution in [-0.4, -0.2) is 32.5 Å². The van der Waals surface area contributed by atoms with Gasteiger partial charge >= 0.3 is 0 Å². The maximum Gasteiger partial charge on any atom is 0.0670 e. The van der Waals surface area contributed by atoms with Gasteiger partial charge in [-0.15, -0.1) is 0 Å². The molecule has 1 aromatic rings. The van der Waals surface area contributed by atoms with Crippen LogP contribution in [0.25, 0.3) is 0 Å². The summed E-state index contributed by atoms with van der Waals surface area (Å²) in [7, 11) is 1.99. The monoisotopic (exact) mass is 226 g/mol. The van der Waals surface area contributed by atoms with Gasteiger partial charge in [-0.1, -0.05) is 6.92 Å². The molecule has 84 valence electrons. The first-order chi connectivity index (χ1) is 7.20. The van der Waals surface area contributed by atoms with Crippen molar-refractivity contribution in [3.8, 4) is 0 Å². The summed E-state index contributed by atoms with van der Waals surface area (Å²) in [6, 6.07) is 2.16. The van der Waals surface area contributed by atoms with E-state index in [1.807, 2.05) is 23.5 Å². The molecule has 0 aliphatic carbocycles. The smallest absolute Gasteiger partial charge is 0.0670 e. The van der Waals surface area contributed by atoms with E-state index in [9.17, 15) is 5.11 Å². The molecule has 1 aliphatic heterocycles. The second kappa shape index (κ2) is 4.58. The molecule has 0 radical (unpaired) electrons. The molecule has 15 heavy (non-hydrogen) atoms. The van der Waals surface area contributed by atoms with Crippen LogP contribution in [0, 0.1) is 5.92 Å². The molecule has 0 spiro atoms. The van der Waals surface area contributed by atoms with Gasteiger partial charge in [0.05, 0.1) is 11.8 Å². The first-order valence-corrected chi connectivity index (χ1v) is 6.63. The van der Waals surface area contributed by atoms with Crippen LogP contribution in [0.5, 0.6) is 0 Å². The van der Waals surface area contributed by atoms with Crippen molar-refractivity contribution in [2.75, 3.05) is 11.5 Å². The summed E-state index contributed by atoms with van der Waals surface area (Å²) in [5.41, 5.74) is 2.39. The highest BCUT2D eigenvalue weighted by molar-refractivity contribution is 7.99. The number of hydrogen-bond donors (Lipinski definition) is 1. The molecule has 4 heteroatoms. The van der Waals surface area contributed by atoms with Crippen LogP contribution in [0.15, 0.2) is 6.07 Å². The lowest BCUT2D eigenvalue weighted by Crippen LogP contribution is -2.21. The van der Waals surface area contributed by atoms with Crippen LogP contribution in [0.2, 0.25) is 0 Å². The molecule has 1 N–H and O–H groups in total. The van der Waals surface area contributed by atoms with Gasteiger partial charge in [0.2, 0.25) is 0 Å². The molecular formula is C11H18N2OS. The minimum atomic E-state index is -0.130. The average molecular weight is 226 g/mol. The standard InChI is InChI=1S/C11H18N2OS/c1-3-9-5-10(13(2)12-9)4-8-6-15-7-11(8)14/h5,8,11,14H,3-4,6-7H2,1-2H3. The van der Waals surface area contributed by atoms with Gasteiger partial charge in [-0.3, -0.25) is 4.68 Å². The molecular weight excluding hydrogens is 208 g/mol. The normalized spacial score (nSPS) is 26.1. The van der Waals surface area contributed by atoms with E-state index in [0.29, 0.717) is 5.92 Å². The number of aryl methyl sites for hydroxylation is 2. The van der Waals surface area contributed by atoms with Gasteiger partial charge in [-0.2, -0.15) is 16.9 Å². The van der Waals surface area contributed by atoms with Crippen molar-refractivity contribution in [3.63, 3.8) is 0 Å². The van der Waals surface area contributed by atoms with Gasteiger partial charge in [-0.25, -0.2) is 0 Å². The molecule has 2 atom stereocenters. The zero-order chi connectivity index (χ0) is 10.8. The SMILES string of the molecule is CCc1cc(CC2CSCC2O)n(C)n1. The zero-order valence-corrected chi connectivity index (χ0v) is 10.1. The van der Waals surface area contributed by atoms with Gasteiger partial charge in [0.15, 0.2) is 0 Å². The van der Waals surface area contributed by atoms with Crippen LogP contribution in [-0.2, 0) is 19.9 Å². The van der Waals surface area contributed by atoms with E-state index in [-0.39, 0.29) is 6.10 Å². The average Bonchev–Trinajstić information content (AvgIpc) is 2.76. The van der Waals surface area contributed by atoms with Crippen molar-refractivity contribution in [3.05, 3.63) is 17.5 Å². The molecule has 0 amide bonds. The van der Waals surface area contributed by atoms with Gasteiger partial charge in [0.1, 0.15) is 0 Å².